The van der Waals surface area contributed by atoms with Crippen molar-refractivity contribution in [3.63, 3.8) is 0 Å². The van der Waals surface area contributed by atoms with Gasteiger partial charge in [-0.1, -0.05) is 28.4 Å². The van der Waals surface area contributed by atoms with Crippen LogP contribution in [0.2, 0.25) is 10.0 Å². The summed E-state index contributed by atoms with van der Waals surface area (Å²) in [5.74, 6) is -0.373. The molecule has 1 amide bonds. The average molecular weight is 300 g/mol. The Morgan fingerprint density at radius 3 is 2.84 bits per heavy atom. The first-order chi connectivity index (χ1) is 9.10. The number of carbonyl (C=O) groups excluding carboxylic acids is 1. The highest BCUT2D eigenvalue weighted by atomic mass is 35.5. The number of hydrogen-bond donors (Lipinski definition) is 2. The van der Waals surface area contributed by atoms with Gasteiger partial charge in [-0.15, -0.1) is 5.10 Å². The highest BCUT2D eigenvalue weighted by Gasteiger charge is 2.11. The Kier molecular flexibility index (Phi) is 4.36. The minimum Gasteiger partial charge on any atom is -0.329 e. The van der Waals surface area contributed by atoms with E-state index in [1.165, 1.54) is 10.9 Å². The lowest BCUT2D eigenvalue weighted by Gasteiger charge is -2.04. The first kappa shape index (κ1) is 13.8. The summed E-state index contributed by atoms with van der Waals surface area (Å²) in [5.41, 5.74) is 6.13. The molecule has 0 spiro atoms. The van der Waals surface area contributed by atoms with Crippen molar-refractivity contribution in [3.05, 3.63) is 40.1 Å². The van der Waals surface area contributed by atoms with Crippen molar-refractivity contribution in [3.8, 4) is 0 Å². The van der Waals surface area contributed by atoms with Gasteiger partial charge in [0.2, 0.25) is 0 Å². The van der Waals surface area contributed by atoms with Crippen LogP contribution in [0.15, 0.2) is 24.4 Å². The molecule has 2 aromatic rings. The average Bonchev–Trinajstić information content (AvgIpc) is 2.83. The fourth-order valence-corrected chi connectivity index (χ4v) is 1.71. The monoisotopic (exact) mass is 299 g/mol. The number of halogens is 2. The van der Waals surface area contributed by atoms with Crippen LogP contribution in [0.4, 0.5) is 5.69 Å². The smallest absolute Gasteiger partial charge is 0.277 e. The molecular formula is C11H11Cl2N5O. The summed E-state index contributed by atoms with van der Waals surface area (Å²) >= 11 is 11.6. The molecule has 2 rings (SSSR count). The van der Waals surface area contributed by atoms with Gasteiger partial charge in [0.05, 0.1) is 22.8 Å². The molecule has 0 unspecified atom stereocenters. The van der Waals surface area contributed by atoms with Crippen LogP contribution in [0.5, 0.6) is 0 Å². The third-order valence-corrected chi connectivity index (χ3v) is 3.05. The lowest BCUT2D eigenvalue weighted by atomic mass is 10.3. The number of hydrogen-bond acceptors (Lipinski definition) is 4. The van der Waals surface area contributed by atoms with E-state index in [4.69, 9.17) is 28.9 Å². The van der Waals surface area contributed by atoms with E-state index in [0.29, 0.717) is 28.8 Å². The van der Waals surface area contributed by atoms with E-state index in [1.807, 2.05) is 0 Å². The van der Waals surface area contributed by atoms with Gasteiger partial charge in [0, 0.05) is 12.2 Å². The van der Waals surface area contributed by atoms with Crippen LogP contribution < -0.4 is 11.1 Å². The van der Waals surface area contributed by atoms with E-state index in [9.17, 15) is 4.79 Å². The van der Waals surface area contributed by atoms with Crippen molar-refractivity contribution in [2.45, 2.75) is 6.54 Å². The van der Waals surface area contributed by atoms with Crippen LogP contribution in [0.1, 0.15) is 10.5 Å². The SMILES string of the molecule is NCCn1cc(C(=O)Nc2ccc(Cl)c(Cl)c2)nn1. The minimum absolute atomic E-state index is 0.208. The topological polar surface area (TPSA) is 85.8 Å². The summed E-state index contributed by atoms with van der Waals surface area (Å²) in [6, 6.07) is 4.81. The van der Waals surface area contributed by atoms with Gasteiger partial charge in [-0.25, -0.2) is 0 Å². The molecule has 3 N–H and O–H groups in total. The molecule has 0 fully saturated rings. The van der Waals surface area contributed by atoms with E-state index in [2.05, 4.69) is 15.6 Å². The van der Waals surface area contributed by atoms with Crippen molar-refractivity contribution < 1.29 is 4.79 Å². The van der Waals surface area contributed by atoms with E-state index in [1.54, 1.807) is 18.2 Å². The second kappa shape index (κ2) is 6.01. The summed E-state index contributed by atoms with van der Waals surface area (Å²) < 4.78 is 1.50. The minimum atomic E-state index is -0.373. The number of anilines is 1. The van der Waals surface area contributed by atoms with Crippen LogP contribution in [0.25, 0.3) is 0 Å². The molecule has 0 aliphatic rings. The number of nitrogens with one attached hydrogen (secondary N) is 1. The van der Waals surface area contributed by atoms with Crippen molar-refractivity contribution in [2.24, 2.45) is 5.73 Å². The van der Waals surface area contributed by atoms with Gasteiger partial charge >= 0.3 is 0 Å². The molecule has 0 saturated heterocycles. The molecule has 0 radical (unpaired) electrons. The molecule has 0 aliphatic heterocycles. The van der Waals surface area contributed by atoms with E-state index in [-0.39, 0.29) is 11.6 Å². The first-order valence-corrected chi connectivity index (χ1v) is 6.22. The Bertz CT molecular complexity index is 599. The quantitative estimate of drug-likeness (QED) is 0.901. The lowest BCUT2D eigenvalue weighted by Crippen LogP contribution is -2.12. The number of carbonyl (C=O) groups is 1. The Hall–Kier alpha value is -1.63. The molecule has 0 atom stereocenters. The number of nitrogens with two attached hydrogens (primary N) is 1. The molecular weight excluding hydrogens is 289 g/mol. The van der Waals surface area contributed by atoms with Crippen molar-refractivity contribution in [2.75, 3.05) is 11.9 Å². The summed E-state index contributed by atoms with van der Waals surface area (Å²) in [5, 5.41) is 11.0. The van der Waals surface area contributed by atoms with Crippen LogP contribution in [-0.2, 0) is 6.54 Å². The zero-order valence-corrected chi connectivity index (χ0v) is 11.3. The second-order valence-corrected chi connectivity index (χ2v) is 4.55. The molecule has 0 bridgehead atoms. The Morgan fingerprint density at radius 1 is 1.37 bits per heavy atom. The van der Waals surface area contributed by atoms with Gasteiger partial charge in [-0.2, -0.15) is 0 Å². The summed E-state index contributed by atoms with van der Waals surface area (Å²) in [6.45, 7) is 0.935. The van der Waals surface area contributed by atoms with Crippen molar-refractivity contribution >= 4 is 34.8 Å². The molecule has 1 aromatic heterocycles. The predicted molar refractivity (Wildman–Crippen MR) is 73.5 cm³/mol. The molecule has 100 valence electrons. The fourth-order valence-electron chi connectivity index (χ4n) is 1.41. The molecule has 6 nitrogen and oxygen atoms in total. The Balaban J connectivity index is 2.09. The van der Waals surface area contributed by atoms with Gasteiger partial charge < -0.3 is 11.1 Å². The maximum atomic E-state index is 11.9. The highest BCUT2D eigenvalue weighted by molar-refractivity contribution is 6.42. The van der Waals surface area contributed by atoms with Crippen LogP contribution in [0.3, 0.4) is 0 Å². The standard InChI is InChI=1S/C11H11Cl2N5O/c12-8-2-1-7(5-9(8)13)15-11(19)10-6-18(4-3-14)17-16-10/h1-2,5-6H,3-4,14H2,(H,15,19). The number of rotatable bonds is 4. The second-order valence-electron chi connectivity index (χ2n) is 3.74. The normalized spacial score (nSPS) is 10.5. The van der Waals surface area contributed by atoms with Crippen molar-refractivity contribution in [1.82, 2.24) is 15.0 Å². The number of benzene rings is 1. The van der Waals surface area contributed by atoms with Gasteiger partial charge in [0.25, 0.3) is 5.91 Å². The van der Waals surface area contributed by atoms with Gasteiger partial charge in [0.15, 0.2) is 5.69 Å². The van der Waals surface area contributed by atoms with Crippen LogP contribution >= 0.6 is 23.2 Å². The van der Waals surface area contributed by atoms with E-state index < -0.39 is 0 Å². The molecule has 8 heteroatoms. The zero-order valence-electron chi connectivity index (χ0n) is 9.81. The predicted octanol–water partition coefficient (Wildman–Crippen LogP) is 1.80. The number of aromatic nitrogens is 3. The molecule has 1 heterocycles. The summed E-state index contributed by atoms with van der Waals surface area (Å²) in [7, 11) is 0. The summed E-state index contributed by atoms with van der Waals surface area (Å²) in [4.78, 5) is 11.9. The highest BCUT2D eigenvalue weighted by Crippen LogP contribution is 2.25. The molecule has 19 heavy (non-hydrogen) atoms. The maximum absolute atomic E-state index is 11.9. The molecule has 1 aromatic carbocycles. The van der Waals surface area contributed by atoms with Crippen LogP contribution in [-0.4, -0.2) is 27.4 Å². The number of amides is 1. The van der Waals surface area contributed by atoms with Crippen LogP contribution in [0, 0.1) is 0 Å². The largest absolute Gasteiger partial charge is 0.329 e. The third kappa shape index (κ3) is 3.44. The van der Waals surface area contributed by atoms with E-state index >= 15 is 0 Å². The van der Waals surface area contributed by atoms with Crippen molar-refractivity contribution in [1.29, 1.82) is 0 Å². The van der Waals surface area contributed by atoms with Gasteiger partial charge in [-0.3, -0.25) is 9.48 Å². The fraction of sp³-hybridized carbons (Fsp3) is 0.182. The first-order valence-electron chi connectivity index (χ1n) is 5.47. The van der Waals surface area contributed by atoms with Gasteiger partial charge in [0.1, 0.15) is 0 Å². The molecule has 0 aliphatic carbocycles. The zero-order chi connectivity index (χ0) is 13.8. The summed E-state index contributed by atoms with van der Waals surface area (Å²) in [6.07, 6.45) is 1.53. The van der Waals surface area contributed by atoms with E-state index in [0.717, 1.165) is 0 Å². The lowest BCUT2D eigenvalue weighted by molar-refractivity contribution is 0.102. The van der Waals surface area contributed by atoms with Gasteiger partial charge in [-0.05, 0) is 18.2 Å². The third-order valence-electron chi connectivity index (χ3n) is 2.31. The Labute approximate surface area is 119 Å². The number of nitrogens with zero attached hydrogens (tertiary/aromatic N) is 3. The molecule has 0 saturated carbocycles. The Morgan fingerprint density at radius 2 is 2.16 bits per heavy atom. The maximum Gasteiger partial charge on any atom is 0.277 e.